The maximum Gasteiger partial charge on any atom is 0.214 e. The summed E-state index contributed by atoms with van der Waals surface area (Å²) in [5.74, 6) is 0. The van der Waals surface area contributed by atoms with Crippen molar-refractivity contribution >= 4 is 11.4 Å². The predicted molar refractivity (Wildman–Crippen MR) is 92.2 cm³/mol. The van der Waals surface area contributed by atoms with Gasteiger partial charge >= 0.3 is 0 Å². The van der Waals surface area contributed by atoms with Gasteiger partial charge in [-0.2, -0.15) is 0 Å². The van der Waals surface area contributed by atoms with Crippen molar-refractivity contribution in [2.45, 2.75) is 57.9 Å². The lowest BCUT2D eigenvalue weighted by molar-refractivity contribution is -0.0461. The molecule has 1 aliphatic carbocycles. The van der Waals surface area contributed by atoms with Gasteiger partial charge in [0, 0.05) is 7.05 Å². The van der Waals surface area contributed by atoms with E-state index in [1.807, 2.05) is 0 Å². The van der Waals surface area contributed by atoms with E-state index in [-0.39, 0.29) is 12.0 Å². The summed E-state index contributed by atoms with van der Waals surface area (Å²) in [4.78, 5) is 8.08. The number of nitrogens with zero attached hydrogens (tertiary/aromatic N) is 3. The minimum atomic E-state index is -0.266. The molecular formula is C19H23N3O. The molecule has 1 spiro atoms. The minimum Gasteiger partial charge on any atom is -0.330 e. The fourth-order valence-corrected chi connectivity index (χ4v) is 4.27. The van der Waals surface area contributed by atoms with E-state index in [1.165, 1.54) is 41.8 Å². The third-order valence-electron chi connectivity index (χ3n) is 5.69. The average Bonchev–Trinajstić information content (AvgIpc) is 2.96. The van der Waals surface area contributed by atoms with Gasteiger partial charge in [0.25, 0.3) is 0 Å². The molecule has 23 heavy (non-hydrogen) atoms. The Labute approximate surface area is 138 Å². The fraction of sp³-hybridized carbons (Fsp3) is 0.526. The second-order valence-electron chi connectivity index (χ2n) is 7.05. The van der Waals surface area contributed by atoms with E-state index in [0.29, 0.717) is 0 Å². The largest absolute Gasteiger partial charge is 0.330 e. The van der Waals surface area contributed by atoms with Crippen molar-refractivity contribution in [3.63, 3.8) is 0 Å². The molecule has 4 nitrogen and oxygen atoms in total. The highest BCUT2D eigenvalue weighted by molar-refractivity contribution is 5.82. The standard InChI is InChI=1S/C19H23N3O/c1-13-10-15-16(11-14(13)2)22-17(12-20-3)19(8-6-5-7-9-19)23-18(22)21(15)4/h10-12,18H,5-9H2,1-2,4H3/b17-12-. The molecule has 1 saturated carbocycles. The lowest BCUT2D eigenvalue weighted by atomic mass is 9.82. The maximum absolute atomic E-state index is 7.38. The first-order valence-electron chi connectivity index (χ1n) is 8.46. The number of hydrogen-bond donors (Lipinski definition) is 0. The molecule has 0 aromatic heterocycles. The van der Waals surface area contributed by atoms with Gasteiger partial charge in [-0.05, 0) is 49.9 Å². The van der Waals surface area contributed by atoms with Crippen LogP contribution in [0.1, 0.15) is 43.2 Å². The first-order valence-corrected chi connectivity index (χ1v) is 8.46. The number of ether oxygens (including phenoxy) is 1. The zero-order valence-corrected chi connectivity index (χ0v) is 14.1. The third kappa shape index (κ3) is 1.93. The first kappa shape index (κ1) is 14.6. The van der Waals surface area contributed by atoms with Crippen molar-refractivity contribution < 1.29 is 4.74 Å². The summed E-state index contributed by atoms with van der Waals surface area (Å²) in [7, 11) is 2.09. The molecule has 1 unspecified atom stereocenters. The number of anilines is 2. The number of aryl methyl sites for hydroxylation is 2. The second-order valence-corrected chi connectivity index (χ2v) is 7.05. The van der Waals surface area contributed by atoms with Crippen LogP contribution >= 0.6 is 0 Å². The molecule has 2 heterocycles. The van der Waals surface area contributed by atoms with Crippen LogP contribution in [0.15, 0.2) is 24.0 Å². The lowest BCUT2D eigenvalue weighted by Crippen LogP contribution is -2.38. The lowest BCUT2D eigenvalue weighted by Gasteiger charge is -2.35. The molecule has 4 heteroatoms. The van der Waals surface area contributed by atoms with Gasteiger partial charge in [-0.15, -0.1) is 0 Å². The monoisotopic (exact) mass is 309 g/mol. The highest BCUT2D eigenvalue weighted by atomic mass is 16.6. The zero-order valence-electron chi connectivity index (χ0n) is 14.1. The Kier molecular flexibility index (Phi) is 3.18. The van der Waals surface area contributed by atoms with Gasteiger partial charge < -0.3 is 14.5 Å². The quantitative estimate of drug-likeness (QED) is 0.665. The SMILES string of the molecule is [C-]#[N+]/C=C1\N2c3cc(C)c(C)cc3N(C)C2OC12CCCCC2. The molecular weight excluding hydrogens is 286 g/mol. The van der Waals surface area contributed by atoms with Crippen molar-refractivity contribution in [1.29, 1.82) is 0 Å². The molecule has 1 saturated heterocycles. The van der Waals surface area contributed by atoms with Gasteiger partial charge in [-0.25, -0.2) is 4.85 Å². The van der Waals surface area contributed by atoms with E-state index in [1.54, 1.807) is 6.20 Å². The van der Waals surface area contributed by atoms with Crippen LogP contribution in [0, 0.1) is 20.4 Å². The Morgan fingerprint density at radius 2 is 1.83 bits per heavy atom. The van der Waals surface area contributed by atoms with Gasteiger partial charge in [-0.1, -0.05) is 19.3 Å². The first-order chi connectivity index (χ1) is 11.1. The van der Waals surface area contributed by atoms with Gasteiger partial charge in [0.1, 0.15) is 5.60 Å². The number of hydrogen-bond acceptors (Lipinski definition) is 3. The molecule has 1 aromatic rings. The minimum absolute atomic E-state index is 0.114. The molecule has 2 fully saturated rings. The summed E-state index contributed by atoms with van der Waals surface area (Å²) in [6.45, 7) is 11.7. The van der Waals surface area contributed by atoms with E-state index in [4.69, 9.17) is 11.3 Å². The van der Waals surface area contributed by atoms with Gasteiger partial charge in [0.05, 0.1) is 23.6 Å². The average molecular weight is 309 g/mol. The molecule has 2 aliphatic heterocycles. The number of rotatable bonds is 0. The summed E-state index contributed by atoms with van der Waals surface area (Å²) < 4.78 is 6.59. The smallest absolute Gasteiger partial charge is 0.214 e. The van der Waals surface area contributed by atoms with E-state index in [9.17, 15) is 0 Å². The molecule has 120 valence electrons. The van der Waals surface area contributed by atoms with E-state index < -0.39 is 0 Å². The van der Waals surface area contributed by atoms with Gasteiger partial charge in [-0.3, -0.25) is 0 Å². The molecule has 1 atom stereocenters. The molecule has 4 rings (SSSR count). The van der Waals surface area contributed by atoms with Gasteiger partial charge in [0.2, 0.25) is 6.35 Å². The van der Waals surface area contributed by atoms with Crippen LogP contribution in [0.4, 0.5) is 11.4 Å². The summed E-state index contributed by atoms with van der Waals surface area (Å²) >= 11 is 0. The molecule has 0 bridgehead atoms. The van der Waals surface area contributed by atoms with Crippen molar-refractivity contribution in [1.82, 2.24) is 0 Å². The second kappa shape index (κ2) is 5.01. The van der Waals surface area contributed by atoms with Crippen LogP contribution in [0.2, 0.25) is 0 Å². The Morgan fingerprint density at radius 1 is 1.17 bits per heavy atom. The van der Waals surface area contributed by atoms with E-state index in [0.717, 1.165) is 18.5 Å². The van der Waals surface area contributed by atoms with E-state index >= 15 is 0 Å². The van der Waals surface area contributed by atoms with Crippen LogP contribution in [0.3, 0.4) is 0 Å². The maximum atomic E-state index is 7.38. The third-order valence-corrected chi connectivity index (χ3v) is 5.69. The predicted octanol–water partition coefficient (Wildman–Crippen LogP) is 4.34. The number of fused-ring (bicyclic) bond motifs is 3. The van der Waals surface area contributed by atoms with E-state index in [2.05, 4.69) is 47.7 Å². The van der Waals surface area contributed by atoms with Gasteiger partial charge in [0.15, 0.2) is 6.20 Å². The summed E-state index contributed by atoms with van der Waals surface area (Å²) in [6.07, 6.45) is 7.26. The van der Waals surface area contributed by atoms with Crippen molar-refractivity contribution in [2.24, 2.45) is 0 Å². The highest BCUT2D eigenvalue weighted by Gasteiger charge is 2.54. The van der Waals surface area contributed by atoms with Crippen molar-refractivity contribution in [2.75, 3.05) is 16.8 Å². The Hall–Kier alpha value is -1.99. The molecule has 3 aliphatic rings. The Balaban J connectivity index is 1.86. The van der Waals surface area contributed by atoms with Crippen LogP contribution in [-0.2, 0) is 4.74 Å². The summed E-state index contributed by atoms with van der Waals surface area (Å²) in [6, 6.07) is 4.47. The zero-order chi connectivity index (χ0) is 16.2. The highest BCUT2D eigenvalue weighted by Crippen LogP contribution is 2.54. The topological polar surface area (TPSA) is 20.1 Å². The van der Waals surface area contributed by atoms with Crippen molar-refractivity contribution in [3.8, 4) is 0 Å². The van der Waals surface area contributed by atoms with Crippen LogP contribution < -0.4 is 9.80 Å². The Bertz CT molecular complexity index is 725. The fourth-order valence-electron chi connectivity index (χ4n) is 4.27. The van der Waals surface area contributed by atoms with Crippen LogP contribution in [-0.4, -0.2) is 19.0 Å². The normalized spacial score (nSPS) is 26.5. The van der Waals surface area contributed by atoms with Crippen LogP contribution in [0.25, 0.3) is 4.85 Å². The summed E-state index contributed by atoms with van der Waals surface area (Å²) in [5.41, 5.74) is 5.74. The Morgan fingerprint density at radius 3 is 2.48 bits per heavy atom. The van der Waals surface area contributed by atoms with Crippen molar-refractivity contribution in [3.05, 3.63) is 46.6 Å². The molecule has 0 N–H and O–H groups in total. The molecule has 0 radical (unpaired) electrons. The summed E-state index contributed by atoms with van der Waals surface area (Å²) in [5, 5.41) is 0. The molecule has 0 amide bonds. The number of benzene rings is 1. The molecule has 1 aromatic carbocycles. The van der Waals surface area contributed by atoms with Crippen LogP contribution in [0.5, 0.6) is 0 Å².